The maximum atomic E-state index is 11.2. The van der Waals surface area contributed by atoms with E-state index < -0.39 is 10.8 Å². The van der Waals surface area contributed by atoms with E-state index in [2.05, 4.69) is 11.8 Å². The lowest BCUT2D eigenvalue weighted by atomic mass is 9.90. The highest BCUT2D eigenvalue weighted by molar-refractivity contribution is 5.93. The summed E-state index contributed by atoms with van der Waals surface area (Å²) in [4.78, 5) is 24.0. The summed E-state index contributed by atoms with van der Waals surface area (Å²) in [7, 11) is 0. The number of nitro benzene ring substituents is 1. The Labute approximate surface area is 135 Å². The van der Waals surface area contributed by atoms with E-state index in [1.165, 1.54) is 12.1 Å². The fourth-order valence-electron chi connectivity index (χ4n) is 2.69. The Kier molecular flexibility index (Phi) is 5.87. The first kappa shape index (κ1) is 18.3. The second kappa shape index (κ2) is 7.04. The number of carbonyl (C=O) groups is 1. The summed E-state index contributed by atoms with van der Waals surface area (Å²) in [6, 6.07) is 4.38. The van der Waals surface area contributed by atoms with Crippen LogP contribution in [0.1, 0.15) is 29.3 Å². The summed E-state index contributed by atoms with van der Waals surface area (Å²) < 4.78 is 0. The number of carbonyl (C=O) groups excluding carboxylic acids is 1. The number of halogens is 1. The molecule has 0 aromatic heterocycles. The average molecular weight is 329 g/mol. The Morgan fingerprint density at radius 1 is 1.50 bits per heavy atom. The molecule has 1 amide bonds. The first-order valence-electron chi connectivity index (χ1n) is 6.84. The van der Waals surface area contributed by atoms with Gasteiger partial charge in [-0.25, -0.2) is 0 Å². The molecule has 1 aliphatic heterocycles. The van der Waals surface area contributed by atoms with Crippen LogP contribution in [-0.2, 0) is 6.54 Å². The number of benzene rings is 1. The third-order valence-corrected chi connectivity index (χ3v) is 4.09. The van der Waals surface area contributed by atoms with E-state index in [-0.39, 0.29) is 29.1 Å². The van der Waals surface area contributed by atoms with E-state index in [9.17, 15) is 14.9 Å². The molecular weight excluding hydrogens is 308 g/mol. The maximum Gasteiger partial charge on any atom is 0.274 e. The van der Waals surface area contributed by atoms with Crippen LogP contribution in [0, 0.1) is 15.5 Å². The van der Waals surface area contributed by atoms with Crippen LogP contribution in [0.2, 0.25) is 0 Å². The highest BCUT2D eigenvalue weighted by Crippen LogP contribution is 2.31. The Morgan fingerprint density at radius 3 is 2.68 bits per heavy atom. The summed E-state index contributed by atoms with van der Waals surface area (Å²) in [6.45, 7) is 4.88. The third-order valence-electron chi connectivity index (χ3n) is 4.09. The lowest BCUT2D eigenvalue weighted by molar-refractivity contribution is -0.385. The topological polar surface area (TPSA) is 115 Å². The molecule has 0 saturated carbocycles. The number of nitrogens with two attached hydrogens (primary N) is 2. The summed E-state index contributed by atoms with van der Waals surface area (Å²) >= 11 is 0. The van der Waals surface area contributed by atoms with Crippen LogP contribution in [0.25, 0.3) is 0 Å². The van der Waals surface area contributed by atoms with Gasteiger partial charge in [-0.15, -0.1) is 12.4 Å². The predicted molar refractivity (Wildman–Crippen MR) is 85.9 cm³/mol. The standard InChI is InChI=1S/C14H20N4O3.ClH/c1-14(8-15)4-5-17(9-14)7-11-3-2-10(13(16)19)6-12(11)18(20)21;/h2-3,6H,4-5,7-9,15H2,1H3,(H2,16,19);1H. The average Bonchev–Trinajstić information content (AvgIpc) is 2.81. The van der Waals surface area contributed by atoms with E-state index >= 15 is 0 Å². The number of amides is 1. The highest BCUT2D eigenvalue weighted by atomic mass is 35.5. The van der Waals surface area contributed by atoms with Crippen molar-refractivity contribution in [1.82, 2.24) is 4.90 Å². The van der Waals surface area contributed by atoms with Crippen LogP contribution in [0.3, 0.4) is 0 Å². The maximum absolute atomic E-state index is 11.2. The fraction of sp³-hybridized carbons (Fsp3) is 0.500. The molecule has 1 atom stereocenters. The van der Waals surface area contributed by atoms with Crippen molar-refractivity contribution in [3.05, 3.63) is 39.4 Å². The van der Waals surface area contributed by atoms with Gasteiger partial charge in [0.15, 0.2) is 0 Å². The molecule has 0 spiro atoms. The van der Waals surface area contributed by atoms with Gasteiger partial charge in [-0.1, -0.05) is 13.0 Å². The zero-order chi connectivity index (χ0) is 15.6. The number of primary amides is 1. The van der Waals surface area contributed by atoms with Gasteiger partial charge < -0.3 is 11.5 Å². The highest BCUT2D eigenvalue weighted by Gasteiger charge is 2.33. The third kappa shape index (κ3) is 3.94. The molecule has 1 fully saturated rings. The van der Waals surface area contributed by atoms with Gasteiger partial charge in [0.2, 0.25) is 5.91 Å². The van der Waals surface area contributed by atoms with Gasteiger partial charge >= 0.3 is 0 Å². The first-order chi connectivity index (χ1) is 9.84. The van der Waals surface area contributed by atoms with Crippen molar-refractivity contribution in [2.24, 2.45) is 16.9 Å². The van der Waals surface area contributed by atoms with Crippen LogP contribution in [-0.4, -0.2) is 35.4 Å². The molecule has 4 N–H and O–H groups in total. The summed E-state index contributed by atoms with van der Waals surface area (Å²) in [6.07, 6.45) is 0.983. The molecule has 1 saturated heterocycles. The Balaban J connectivity index is 0.00000242. The second-order valence-electron chi connectivity index (χ2n) is 5.94. The minimum atomic E-state index is -0.665. The molecule has 1 aromatic rings. The van der Waals surface area contributed by atoms with Crippen LogP contribution < -0.4 is 11.5 Å². The number of rotatable bonds is 5. The monoisotopic (exact) mass is 328 g/mol. The normalized spacial score (nSPS) is 21.4. The predicted octanol–water partition coefficient (Wildman–Crippen LogP) is 1.29. The van der Waals surface area contributed by atoms with Crippen LogP contribution in [0.15, 0.2) is 18.2 Å². The van der Waals surface area contributed by atoms with Gasteiger partial charge in [-0.2, -0.15) is 0 Å². The quantitative estimate of drug-likeness (QED) is 0.624. The van der Waals surface area contributed by atoms with Crippen molar-refractivity contribution >= 4 is 24.0 Å². The molecule has 1 unspecified atom stereocenters. The largest absolute Gasteiger partial charge is 0.366 e. The Morgan fingerprint density at radius 2 is 2.18 bits per heavy atom. The van der Waals surface area contributed by atoms with Gasteiger partial charge in [0, 0.05) is 30.3 Å². The molecule has 1 aromatic carbocycles. The van der Waals surface area contributed by atoms with E-state index in [0.717, 1.165) is 19.5 Å². The number of nitro groups is 1. The van der Waals surface area contributed by atoms with Crippen molar-refractivity contribution < 1.29 is 9.72 Å². The molecule has 0 bridgehead atoms. The molecule has 1 heterocycles. The molecule has 122 valence electrons. The Hall–Kier alpha value is -1.70. The van der Waals surface area contributed by atoms with E-state index in [1.54, 1.807) is 6.07 Å². The molecule has 0 radical (unpaired) electrons. The molecular formula is C14H21ClN4O3. The first-order valence-corrected chi connectivity index (χ1v) is 6.84. The van der Waals surface area contributed by atoms with Gasteiger partial charge in [-0.05, 0) is 31.0 Å². The SMILES string of the molecule is CC1(CN)CCN(Cc2ccc(C(N)=O)cc2[N+](=O)[O-])C1.Cl. The van der Waals surface area contributed by atoms with Gasteiger partial charge in [0.05, 0.1) is 4.92 Å². The van der Waals surface area contributed by atoms with Gasteiger partial charge in [0.25, 0.3) is 5.69 Å². The smallest absolute Gasteiger partial charge is 0.274 e. The number of hydrogen-bond donors (Lipinski definition) is 2. The van der Waals surface area contributed by atoms with Crippen LogP contribution in [0.5, 0.6) is 0 Å². The lowest BCUT2D eigenvalue weighted by Gasteiger charge is -2.22. The summed E-state index contributed by atoms with van der Waals surface area (Å²) in [5.41, 5.74) is 11.7. The number of likely N-dealkylation sites (tertiary alicyclic amines) is 1. The molecule has 2 rings (SSSR count). The van der Waals surface area contributed by atoms with Gasteiger partial charge in [0.1, 0.15) is 0 Å². The van der Waals surface area contributed by atoms with Crippen molar-refractivity contribution in [3.8, 4) is 0 Å². The van der Waals surface area contributed by atoms with Crippen molar-refractivity contribution in [3.63, 3.8) is 0 Å². The summed E-state index contributed by atoms with van der Waals surface area (Å²) in [5, 5.41) is 11.2. The molecule has 8 heteroatoms. The number of hydrogen-bond acceptors (Lipinski definition) is 5. The van der Waals surface area contributed by atoms with Crippen LogP contribution in [0.4, 0.5) is 5.69 Å². The summed E-state index contributed by atoms with van der Waals surface area (Å²) in [5.74, 6) is -0.665. The molecule has 0 aliphatic carbocycles. The lowest BCUT2D eigenvalue weighted by Crippen LogP contribution is -2.31. The zero-order valence-corrected chi connectivity index (χ0v) is 13.3. The molecule has 22 heavy (non-hydrogen) atoms. The molecule has 7 nitrogen and oxygen atoms in total. The molecule has 1 aliphatic rings. The fourth-order valence-corrected chi connectivity index (χ4v) is 2.69. The van der Waals surface area contributed by atoms with Crippen LogP contribution >= 0.6 is 12.4 Å². The van der Waals surface area contributed by atoms with Gasteiger partial charge in [-0.3, -0.25) is 19.8 Å². The van der Waals surface area contributed by atoms with E-state index in [0.29, 0.717) is 18.7 Å². The van der Waals surface area contributed by atoms with Crippen molar-refractivity contribution in [2.45, 2.75) is 19.9 Å². The van der Waals surface area contributed by atoms with E-state index in [4.69, 9.17) is 11.5 Å². The zero-order valence-electron chi connectivity index (χ0n) is 12.4. The van der Waals surface area contributed by atoms with Crippen molar-refractivity contribution in [2.75, 3.05) is 19.6 Å². The number of nitrogens with zero attached hydrogens (tertiary/aromatic N) is 2. The second-order valence-corrected chi connectivity index (χ2v) is 5.94. The minimum Gasteiger partial charge on any atom is -0.366 e. The Bertz CT molecular complexity index is 581. The minimum absolute atomic E-state index is 0. The van der Waals surface area contributed by atoms with Crippen molar-refractivity contribution in [1.29, 1.82) is 0 Å². The van der Waals surface area contributed by atoms with E-state index in [1.807, 2.05) is 0 Å².